The summed E-state index contributed by atoms with van der Waals surface area (Å²) < 4.78 is 4.94. The lowest BCUT2D eigenvalue weighted by Crippen LogP contribution is -2.38. The van der Waals surface area contributed by atoms with Gasteiger partial charge in [-0.25, -0.2) is 4.79 Å². The number of nitrogens with zero attached hydrogens (tertiary/aromatic N) is 1. The van der Waals surface area contributed by atoms with Gasteiger partial charge in [0.05, 0.1) is 5.52 Å². The van der Waals surface area contributed by atoms with Gasteiger partial charge in [-0.1, -0.05) is 6.07 Å². The summed E-state index contributed by atoms with van der Waals surface area (Å²) in [6.07, 6.45) is 0.528. The van der Waals surface area contributed by atoms with E-state index in [1.165, 1.54) is 11.9 Å². The number of carbonyl (C=O) groups excluding carboxylic acids is 2. The van der Waals surface area contributed by atoms with E-state index in [-0.39, 0.29) is 0 Å². The highest BCUT2D eigenvalue weighted by Crippen LogP contribution is 2.12. The molecule has 0 atom stereocenters. The van der Waals surface area contributed by atoms with Crippen LogP contribution in [-0.4, -0.2) is 35.3 Å². The topological polar surface area (TPSA) is 109 Å². The number of fused-ring (bicyclic) bond motifs is 1. The maximum absolute atomic E-state index is 11.3. The Balaban J connectivity index is 2.07. The van der Waals surface area contributed by atoms with E-state index in [9.17, 15) is 14.4 Å². The second kappa shape index (κ2) is 4.97. The van der Waals surface area contributed by atoms with Crippen LogP contribution in [0.4, 0.5) is 0 Å². The van der Waals surface area contributed by atoms with Crippen molar-refractivity contribution in [2.75, 3.05) is 13.6 Å². The predicted molar refractivity (Wildman–Crippen MR) is 67.4 cm³/mol. The predicted octanol–water partition coefficient (Wildman–Crippen LogP) is -0.393. The Morgan fingerprint density at radius 1 is 1.42 bits per heavy atom. The number of amides is 2. The average Bonchev–Trinajstić information content (AvgIpc) is 2.74. The van der Waals surface area contributed by atoms with Gasteiger partial charge in [-0.05, 0) is 24.1 Å². The zero-order chi connectivity index (χ0) is 14.0. The van der Waals surface area contributed by atoms with Crippen molar-refractivity contribution in [3.8, 4) is 0 Å². The molecule has 0 fully saturated rings. The van der Waals surface area contributed by atoms with E-state index in [1.807, 2.05) is 6.07 Å². The van der Waals surface area contributed by atoms with Gasteiger partial charge in [-0.15, -0.1) is 0 Å². The number of hydrogen-bond donors (Lipinski definition) is 2. The van der Waals surface area contributed by atoms with Crippen LogP contribution in [0.1, 0.15) is 5.56 Å². The number of nitrogens with two attached hydrogens (primary N) is 1. The van der Waals surface area contributed by atoms with Crippen molar-refractivity contribution < 1.29 is 14.0 Å². The zero-order valence-electron chi connectivity index (χ0n) is 10.3. The molecule has 0 spiro atoms. The fourth-order valence-electron chi connectivity index (χ4n) is 1.73. The van der Waals surface area contributed by atoms with Crippen molar-refractivity contribution in [1.82, 2.24) is 9.88 Å². The number of oxazole rings is 1. The van der Waals surface area contributed by atoms with Gasteiger partial charge in [0.2, 0.25) is 0 Å². The summed E-state index contributed by atoms with van der Waals surface area (Å²) in [7, 11) is 1.50. The molecular weight excluding hydrogens is 250 g/mol. The first kappa shape index (κ1) is 12.9. The Hall–Kier alpha value is -2.57. The lowest BCUT2D eigenvalue weighted by Gasteiger charge is -2.14. The molecule has 0 aliphatic heterocycles. The highest BCUT2D eigenvalue weighted by Gasteiger charge is 2.14. The molecule has 100 valence electrons. The minimum absolute atomic E-state index is 0.349. The second-order valence-corrected chi connectivity index (χ2v) is 4.19. The average molecular weight is 263 g/mol. The Morgan fingerprint density at radius 2 is 2.16 bits per heavy atom. The van der Waals surface area contributed by atoms with E-state index >= 15 is 0 Å². The van der Waals surface area contributed by atoms with Crippen LogP contribution in [0.5, 0.6) is 0 Å². The van der Waals surface area contributed by atoms with Crippen LogP contribution in [0.15, 0.2) is 27.4 Å². The molecule has 0 aliphatic rings. The molecule has 1 aromatic carbocycles. The molecule has 1 heterocycles. The fourth-order valence-corrected chi connectivity index (χ4v) is 1.73. The quantitative estimate of drug-likeness (QED) is 0.734. The molecule has 0 bridgehead atoms. The van der Waals surface area contributed by atoms with E-state index in [0.717, 1.165) is 5.56 Å². The second-order valence-electron chi connectivity index (χ2n) is 4.19. The molecular formula is C12H13N3O4. The number of benzene rings is 1. The molecule has 0 unspecified atom stereocenters. The van der Waals surface area contributed by atoms with Crippen LogP contribution in [-0.2, 0) is 16.0 Å². The minimum atomic E-state index is -0.977. The largest absolute Gasteiger partial charge is 0.417 e. The summed E-state index contributed by atoms with van der Waals surface area (Å²) in [5.41, 5.74) is 6.87. The van der Waals surface area contributed by atoms with Crippen LogP contribution in [0.2, 0.25) is 0 Å². The summed E-state index contributed by atoms with van der Waals surface area (Å²) in [5.74, 6) is -2.21. The number of nitrogens with one attached hydrogen (secondary N) is 1. The fraction of sp³-hybridized carbons (Fsp3) is 0.250. The summed E-state index contributed by atoms with van der Waals surface area (Å²) in [6.45, 7) is 0.349. The van der Waals surface area contributed by atoms with E-state index in [1.54, 1.807) is 12.1 Å². The maximum Gasteiger partial charge on any atom is 0.417 e. The third-order valence-corrected chi connectivity index (χ3v) is 2.78. The Kier molecular flexibility index (Phi) is 3.37. The van der Waals surface area contributed by atoms with Gasteiger partial charge in [0.15, 0.2) is 5.58 Å². The lowest BCUT2D eigenvalue weighted by atomic mass is 10.1. The SMILES string of the molecule is CN(CCc1ccc2[nH]c(=O)oc2c1)C(=O)C(N)=O. The minimum Gasteiger partial charge on any atom is -0.408 e. The van der Waals surface area contributed by atoms with Crippen LogP contribution in [0.25, 0.3) is 11.1 Å². The molecule has 0 aliphatic carbocycles. The number of hydrogen-bond acceptors (Lipinski definition) is 4. The summed E-state index contributed by atoms with van der Waals surface area (Å²) in [4.78, 5) is 36.8. The Labute approximate surface area is 108 Å². The van der Waals surface area contributed by atoms with E-state index in [2.05, 4.69) is 4.98 Å². The van der Waals surface area contributed by atoms with Crippen LogP contribution in [0.3, 0.4) is 0 Å². The van der Waals surface area contributed by atoms with Crippen LogP contribution >= 0.6 is 0 Å². The lowest BCUT2D eigenvalue weighted by molar-refractivity contribution is -0.143. The molecule has 7 heteroatoms. The molecule has 0 saturated carbocycles. The molecule has 1 aromatic heterocycles. The zero-order valence-corrected chi connectivity index (χ0v) is 10.3. The summed E-state index contributed by atoms with van der Waals surface area (Å²) >= 11 is 0. The van der Waals surface area contributed by atoms with Gasteiger partial charge >= 0.3 is 17.6 Å². The van der Waals surface area contributed by atoms with E-state index in [0.29, 0.717) is 24.1 Å². The van der Waals surface area contributed by atoms with Crippen molar-refractivity contribution in [2.45, 2.75) is 6.42 Å². The number of aromatic nitrogens is 1. The Bertz CT molecular complexity index is 686. The number of H-pyrrole nitrogens is 1. The molecule has 2 amide bonds. The van der Waals surface area contributed by atoms with Gasteiger partial charge in [-0.2, -0.15) is 0 Å². The molecule has 19 heavy (non-hydrogen) atoms. The number of primary amides is 1. The van der Waals surface area contributed by atoms with Crippen LogP contribution in [0, 0.1) is 0 Å². The molecule has 0 saturated heterocycles. The third kappa shape index (κ3) is 2.82. The van der Waals surface area contributed by atoms with Crippen molar-refractivity contribution in [3.05, 3.63) is 34.3 Å². The number of carbonyl (C=O) groups is 2. The number of rotatable bonds is 3. The number of aromatic amines is 1. The van der Waals surface area contributed by atoms with Gasteiger partial charge in [0.25, 0.3) is 0 Å². The van der Waals surface area contributed by atoms with Crippen molar-refractivity contribution in [3.63, 3.8) is 0 Å². The highest BCUT2D eigenvalue weighted by atomic mass is 16.4. The highest BCUT2D eigenvalue weighted by molar-refractivity contribution is 6.34. The standard InChI is InChI=1S/C12H13N3O4/c1-15(11(17)10(13)16)5-4-7-2-3-8-9(6-7)19-12(18)14-8/h2-3,6H,4-5H2,1H3,(H2,13,16)(H,14,18). The molecule has 0 radical (unpaired) electrons. The summed E-state index contributed by atoms with van der Waals surface area (Å²) in [6, 6.07) is 5.26. The summed E-state index contributed by atoms with van der Waals surface area (Å²) in [5, 5.41) is 0. The molecule has 2 aromatic rings. The van der Waals surface area contributed by atoms with Crippen LogP contribution < -0.4 is 11.5 Å². The monoisotopic (exact) mass is 263 g/mol. The molecule has 2 rings (SSSR count). The van der Waals surface area contributed by atoms with Crippen molar-refractivity contribution in [2.24, 2.45) is 5.73 Å². The van der Waals surface area contributed by atoms with Gasteiger partial charge in [0, 0.05) is 13.6 Å². The first-order chi connectivity index (χ1) is 8.97. The maximum atomic E-state index is 11.3. The smallest absolute Gasteiger partial charge is 0.408 e. The number of likely N-dealkylation sites (N-methyl/N-ethyl adjacent to an activating group) is 1. The normalized spacial score (nSPS) is 10.6. The van der Waals surface area contributed by atoms with E-state index in [4.69, 9.17) is 10.2 Å². The van der Waals surface area contributed by atoms with Gasteiger partial charge in [0.1, 0.15) is 0 Å². The Morgan fingerprint density at radius 3 is 2.84 bits per heavy atom. The third-order valence-electron chi connectivity index (χ3n) is 2.78. The van der Waals surface area contributed by atoms with E-state index < -0.39 is 17.6 Å². The first-order valence-electron chi connectivity index (χ1n) is 5.64. The van der Waals surface area contributed by atoms with Gasteiger partial charge in [-0.3, -0.25) is 14.6 Å². The molecule has 3 N–H and O–H groups in total. The van der Waals surface area contributed by atoms with Crippen molar-refractivity contribution >= 4 is 22.9 Å². The van der Waals surface area contributed by atoms with Gasteiger partial charge < -0.3 is 15.1 Å². The van der Waals surface area contributed by atoms with Crippen molar-refractivity contribution in [1.29, 1.82) is 0 Å². The first-order valence-corrected chi connectivity index (χ1v) is 5.64. The molecule has 7 nitrogen and oxygen atoms in total.